The third-order valence-corrected chi connectivity index (χ3v) is 4.42. The Hall–Kier alpha value is -3.13. The Morgan fingerprint density at radius 2 is 1.62 bits per heavy atom. The summed E-state index contributed by atoms with van der Waals surface area (Å²) in [7, 11) is 1.63. The molecule has 0 aliphatic carbocycles. The molecule has 8 heteroatoms. The van der Waals surface area contributed by atoms with Gasteiger partial charge in [0.2, 0.25) is 0 Å². The number of fused-ring (bicyclic) bond motifs is 1. The van der Waals surface area contributed by atoms with Crippen molar-refractivity contribution in [1.29, 1.82) is 0 Å². The monoisotopic (exact) mass is 409 g/mol. The molecule has 7 nitrogen and oxygen atoms in total. The van der Waals surface area contributed by atoms with Gasteiger partial charge in [0.05, 0.1) is 5.69 Å². The van der Waals surface area contributed by atoms with Crippen LogP contribution in [0, 0.1) is 0 Å². The molecule has 0 atom stereocenters. The number of benzene rings is 2. The smallest absolute Gasteiger partial charge is 0.266 e. The molecule has 2 heterocycles. The van der Waals surface area contributed by atoms with Crippen LogP contribution in [0.15, 0.2) is 68.7 Å². The zero-order valence-corrected chi connectivity index (χ0v) is 15.2. The molecule has 0 aromatic heterocycles. The second-order valence-electron chi connectivity index (χ2n) is 5.61. The molecule has 0 radical (unpaired) electrons. The van der Waals surface area contributed by atoms with E-state index in [1.165, 1.54) is 4.68 Å². The van der Waals surface area contributed by atoms with Crippen LogP contribution in [0.5, 0.6) is 0 Å². The molecule has 0 N–H and O–H groups in total. The second kappa shape index (κ2) is 6.30. The predicted octanol–water partition coefficient (Wildman–Crippen LogP) is 2.26. The van der Waals surface area contributed by atoms with Crippen LogP contribution in [-0.2, 0) is 7.05 Å². The number of hydrogen-bond acceptors (Lipinski definition) is 5. The molecule has 0 bridgehead atoms. The highest BCUT2D eigenvalue weighted by molar-refractivity contribution is 9.10. The topological polar surface area (TPSA) is 82.7 Å². The normalized spacial score (nSPS) is 11.0. The van der Waals surface area contributed by atoms with E-state index in [1.54, 1.807) is 37.4 Å². The quantitative estimate of drug-likeness (QED) is 0.506. The Kier molecular flexibility index (Phi) is 3.96. The van der Waals surface area contributed by atoms with Crippen LogP contribution in [0.4, 0.5) is 0 Å². The lowest BCUT2D eigenvalue weighted by atomic mass is 10.2. The Morgan fingerprint density at radius 1 is 0.923 bits per heavy atom. The third kappa shape index (κ3) is 2.74. The minimum absolute atomic E-state index is 0.0869. The molecule has 0 amide bonds. The molecule has 2 aliphatic rings. The molecule has 4 rings (SSSR count). The number of nitrogens with zero attached hydrogens (tertiary/aromatic N) is 5. The van der Waals surface area contributed by atoms with Crippen molar-refractivity contribution in [2.24, 2.45) is 7.05 Å². The summed E-state index contributed by atoms with van der Waals surface area (Å²) in [5.74, 6) is 0.526. The zero-order chi connectivity index (χ0) is 18.3. The Labute approximate surface area is 156 Å². The van der Waals surface area contributed by atoms with Crippen LogP contribution in [0.1, 0.15) is 0 Å². The molecule has 0 saturated carbocycles. The van der Waals surface area contributed by atoms with Crippen LogP contribution in [0.2, 0.25) is 0 Å². The van der Waals surface area contributed by atoms with E-state index in [9.17, 15) is 9.59 Å². The van der Waals surface area contributed by atoms with Gasteiger partial charge in [-0.1, -0.05) is 46.3 Å². The summed E-state index contributed by atoms with van der Waals surface area (Å²) < 4.78 is 3.34. The van der Waals surface area contributed by atoms with Gasteiger partial charge in [0, 0.05) is 17.1 Å². The summed E-state index contributed by atoms with van der Waals surface area (Å²) in [6.45, 7) is 0. The number of hydrogen-bond donors (Lipinski definition) is 0. The highest BCUT2D eigenvalue weighted by Gasteiger charge is 2.21. The van der Waals surface area contributed by atoms with Gasteiger partial charge in [0.25, 0.3) is 5.56 Å². The summed E-state index contributed by atoms with van der Waals surface area (Å²) in [4.78, 5) is 33.7. The first kappa shape index (κ1) is 16.3. The van der Waals surface area contributed by atoms with Crippen LogP contribution < -0.4 is 11.2 Å². The lowest BCUT2D eigenvalue weighted by Crippen LogP contribution is -2.37. The number of aromatic nitrogens is 5. The van der Waals surface area contributed by atoms with Crippen LogP contribution in [0.25, 0.3) is 28.6 Å². The first-order valence-electron chi connectivity index (χ1n) is 7.74. The molecule has 0 fully saturated rings. The molecular weight excluding hydrogens is 398 g/mol. The van der Waals surface area contributed by atoms with Crippen molar-refractivity contribution in [3.8, 4) is 28.6 Å². The number of para-hydroxylation sites is 1. The highest BCUT2D eigenvalue weighted by Crippen LogP contribution is 2.20. The SMILES string of the molecule is Cn1nc(-c2ccc(Br)cc2)nc2c(=O)n(-c3ccccc3)c(=O)nc1-2. The van der Waals surface area contributed by atoms with E-state index in [0.717, 1.165) is 14.6 Å². The minimum atomic E-state index is -0.663. The van der Waals surface area contributed by atoms with Crippen LogP contribution >= 0.6 is 15.9 Å². The van der Waals surface area contributed by atoms with Crippen molar-refractivity contribution in [1.82, 2.24) is 24.3 Å². The van der Waals surface area contributed by atoms with E-state index < -0.39 is 11.2 Å². The van der Waals surface area contributed by atoms with Gasteiger partial charge in [0.15, 0.2) is 17.3 Å². The number of aryl methyl sites for hydroxylation is 1. The Bertz CT molecular complexity index is 1180. The number of halogens is 1. The standard InChI is InChI=1S/C18H12BrN5O2/c1-23-16-14(20-15(22-23)11-7-9-12(19)10-8-11)17(25)24(18(26)21-16)13-5-3-2-4-6-13/h2-10H,1H3. The fourth-order valence-corrected chi connectivity index (χ4v) is 2.91. The summed E-state index contributed by atoms with van der Waals surface area (Å²) >= 11 is 3.38. The van der Waals surface area contributed by atoms with Crippen molar-refractivity contribution in [2.45, 2.75) is 0 Å². The van der Waals surface area contributed by atoms with Gasteiger partial charge in [-0.05, 0) is 24.3 Å². The lowest BCUT2D eigenvalue weighted by molar-refractivity contribution is 0.695. The fraction of sp³-hybridized carbons (Fsp3) is 0.0556. The number of rotatable bonds is 2. The second-order valence-corrected chi connectivity index (χ2v) is 6.52. The summed E-state index contributed by atoms with van der Waals surface area (Å²) in [5.41, 5.74) is 0.0987. The average Bonchev–Trinajstić information content (AvgIpc) is 2.64. The van der Waals surface area contributed by atoms with Crippen molar-refractivity contribution >= 4 is 15.9 Å². The molecule has 0 spiro atoms. The van der Waals surface area contributed by atoms with Gasteiger partial charge >= 0.3 is 5.69 Å². The van der Waals surface area contributed by atoms with E-state index in [1.807, 2.05) is 24.3 Å². The van der Waals surface area contributed by atoms with E-state index in [4.69, 9.17) is 0 Å². The molecular formula is C18H12BrN5O2. The molecule has 26 heavy (non-hydrogen) atoms. The molecule has 2 aromatic rings. The molecule has 128 valence electrons. The van der Waals surface area contributed by atoms with Gasteiger partial charge in [0.1, 0.15) is 0 Å². The van der Waals surface area contributed by atoms with E-state index in [2.05, 4.69) is 31.0 Å². The first-order valence-corrected chi connectivity index (χ1v) is 8.53. The highest BCUT2D eigenvalue weighted by atomic mass is 79.9. The summed E-state index contributed by atoms with van der Waals surface area (Å²) in [6.07, 6.45) is 0. The van der Waals surface area contributed by atoms with Gasteiger partial charge in [-0.25, -0.2) is 19.0 Å². The van der Waals surface area contributed by atoms with E-state index >= 15 is 0 Å². The van der Waals surface area contributed by atoms with Crippen molar-refractivity contribution < 1.29 is 0 Å². The maximum absolute atomic E-state index is 13.0. The molecule has 2 aromatic carbocycles. The summed E-state index contributed by atoms with van der Waals surface area (Å²) in [5, 5.41) is 4.33. The Morgan fingerprint density at radius 3 is 2.31 bits per heavy atom. The Balaban J connectivity index is 2.01. The van der Waals surface area contributed by atoms with Gasteiger partial charge in [-0.3, -0.25) is 4.79 Å². The maximum Gasteiger partial charge on any atom is 0.357 e. The molecule has 0 unspecified atom stereocenters. The fourth-order valence-electron chi connectivity index (χ4n) is 2.65. The molecule has 0 saturated heterocycles. The van der Waals surface area contributed by atoms with Crippen molar-refractivity contribution in [3.63, 3.8) is 0 Å². The largest absolute Gasteiger partial charge is 0.357 e. The van der Waals surface area contributed by atoms with Crippen molar-refractivity contribution in [3.05, 3.63) is 79.9 Å². The van der Waals surface area contributed by atoms with Gasteiger partial charge < -0.3 is 0 Å². The van der Waals surface area contributed by atoms with Gasteiger partial charge in [-0.2, -0.15) is 10.1 Å². The predicted molar refractivity (Wildman–Crippen MR) is 100 cm³/mol. The van der Waals surface area contributed by atoms with E-state index in [-0.39, 0.29) is 11.5 Å². The third-order valence-electron chi connectivity index (χ3n) is 3.90. The first-order chi connectivity index (χ1) is 12.5. The minimum Gasteiger partial charge on any atom is -0.266 e. The van der Waals surface area contributed by atoms with E-state index in [0.29, 0.717) is 11.5 Å². The average molecular weight is 410 g/mol. The van der Waals surface area contributed by atoms with Crippen molar-refractivity contribution in [2.75, 3.05) is 0 Å². The summed E-state index contributed by atoms with van der Waals surface area (Å²) in [6, 6.07) is 16.1. The zero-order valence-electron chi connectivity index (χ0n) is 13.6. The van der Waals surface area contributed by atoms with Gasteiger partial charge in [-0.15, -0.1) is 0 Å². The van der Waals surface area contributed by atoms with Crippen LogP contribution in [-0.4, -0.2) is 24.3 Å². The molecule has 2 aliphatic heterocycles. The maximum atomic E-state index is 13.0. The van der Waals surface area contributed by atoms with Crippen LogP contribution in [0.3, 0.4) is 0 Å². The lowest BCUT2D eigenvalue weighted by Gasteiger charge is -2.12.